The summed E-state index contributed by atoms with van der Waals surface area (Å²) in [6.07, 6.45) is 4.46. The average Bonchev–Trinajstić information content (AvgIpc) is 3.50. The SMILES string of the molecule is CCC(CC)[C@@H]1C[C@H](c2ccccc2)CCN1C(=O)[C@@H]1C[NH2+]C[C@]12C[NH2+]Cc1[nH+]c([NH2+]C)sc12. The Hall–Kier alpha value is -1.80. The Labute approximate surface area is 207 Å². The van der Waals surface area contributed by atoms with Crippen molar-refractivity contribution >= 4 is 22.4 Å². The molecule has 6 nitrogen and oxygen atoms in total. The van der Waals surface area contributed by atoms with E-state index >= 15 is 0 Å². The molecule has 1 spiro atoms. The first kappa shape index (κ1) is 23.9. The first-order valence-electron chi connectivity index (χ1n) is 13.4. The van der Waals surface area contributed by atoms with E-state index in [2.05, 4.69) is 77.1 Å². The molecule has 1 amide bonds. The van der Waals surface area contributed by atoms with Crippen molar-refractivity contribution in [2.24, 2.45) is 11.8 Å². The maximum absolute atomic E-state index is 14.4. The van der Waals surface area contributed by atoms with Crippen LogP contribution in [0.2, 0.25) is 0 Å². The van der Waals surface area contributed by atoms with Gasteiger partial charge in [-0.25, -0.2) is 0 Å². The minimum Gasteiger partial charge on any atom is -0.345 e. The number of fused-ring (bicyclic) bond motifs is 2. The Morgan fingerprint density at radius 3 is 2.74 bits per heavy atom. The number of likely N-dealkylation sites (tertiary alicyclic amines) is 1. The third kappa shape index (κ3) is 4.11. The number of nitrogens with zero attached hydrogens (tertiary/aromatic N) is 1. The number of hydrogen-bond donors (Lipinski definition) is 3. The largest absolute Gasteiger partial charge is 0.425 e. The number of H-pyrrole nitrogens is 1. The summed E-state index contributed by atoms with van der Waals surface area (Å²) < 4.78 is 0. The maximum Gasteiger partial charge on any atom is 0.425 e. The number of piperidine rings is 1. The highest BCUT2D eigenvalue weighted by molar-refractivity contribution is 7.14. The van der Waals surface area contributed by atoms with Gasteiger partial charge >= 0.3 is 5.13 Å². The number of rotatable bonds is 6. The number of hydrogen-bond acceptors (Lipinski definition) is 2. The summed E-state index contributed by atoms with van der Waals surface area (Å²) >= 11 is 1.89. The van der Waals surface area contributed by atoms with E-state index in [-0.39, 0.29) is 11.3 Å². The van der Waals surface area contributed by atoms with E-state index in [1.807, 2.05) is 11.3 Å². The van der Waals surface area contributed by atoms with Crippen LogP contribution in [0.25, 0.3) is 0 Å². The van der Waals surface area contributed by atoms with Crippen LogP contribution < -0.4 is 20.9 Å². The molecule has 0 unspecified atom stereocenters. The lowest BCUT2D eigenvalue weighted by Crippen LogP contribution is -2.91. The van der Waals surface area contributed by atoms with Crippen LogP contribution in [0.4, 0.5) is 5.13 Å². The van der Waals surface area contributed by atoms with Gasteiger partial charge in [0.15, 0.2) is 6.54 Å². The molecule has 3 aliphatic rings. The topological polar surface area (TPSA) is 84.3 Å². The van der Waals surface area contributed by atoms with Gasteiger partial charge in [0.1, 0.15) is 16.2 Å². The van der Waals surface area contributed by atoms with Crippen molar-refractivity contribution in [2.75, 3.05) is 33.2 Å². The second-order valence-electron chi connectivity index (χ2n) is 10.6. The molecule has 184 valence electrons. The van der Waals surface area contributed by atoms with Gasteiger partial charge in [0.25, 0.3) is 5.69 Å². The van der Waals surface area contributed by atoms with Gasteiger partial charge in [-0.3, -0.25) is 10.1 Å². The van der Waals surface area contributed by atoms with Gasteiger partial charge < -0.3 is 15.5 Å². The molecule has 0 saturated carbocycles. The molecule has 5 rings (SSSR count). The van der Waals surface area contributed by atoms with Crippen LogP contribution in [0, 0.1) is 11.8 Å². The lowest BCUT2D eigenvalue weighted by Gasteiger charge is -2.45. The third-order valence-corrected chi connectivity index (χ3v) is 10.4. The summed E-state index contributed by atoms with van der Waals surface area (Å²) in [6.45, 7) is 9.49. The van der Waals surface area contributed by atoms with Gasteiger partial charge in [0.2, 0.25) is 5.91 Å². The van der Waals surface area contributed by atoms with Crippen LogP contribution in [-0.4, -0.2) is 50.1 Å². The van der Waals surface area contributed by atoms with Gasteiger partial charge in [0.05, 0.1) is 26.7 Å². The van der Waals surface area contributed by atoms with Gasteiger partial charge in [-0.2, -0.15) is 0 Å². The van der Waals surface area contributed by atoms with Crippen molar-refractivity contribution in [3.8, 4) is 0 Å². The number of benzene rings is 1. The zero-order valence-electron chi connectivity index (χ0n) is 21.1. The normalized spacial score (nSPS) is 29.1. The van der Waals surface area contributed by atoms with E-state index in [0.717, 1.165) is 58.4 Å². The van der Waals surface area contributed by atoms with Crippen LogP contribution in [-0.2, 0) is 16.8 Å². The van der Waals surface area contributed by atoms with E-state index in [0.29, 0.717) is 23.8 Å². The van der Waals surface area contributed by atoms with Crippen molar-refractivity contribution in [3.63, 3.8) is 0 Å². The lowest BCUT2D eigenvalue weighted by atomic mass is 9.72. The second-order valence-corrected chi connectivity index (χ2v) is 11.7. The molecule has 34 heavy (non-hydrogen) atoms. The summed E-state index contributed by atoms with van der Waals surface area (Å²) in [4.78, 5) is 21.9. The molecule has 1 aromatic carbocycles. The summed E-state index contributed by atoms with van der Waals surface area (Å²) in [5.41, 5.74) is 2.75. The smallest absolute Gasteiger partial charge is 0.345 e. The molecular weight excluding hydrogens is 442 g/mol. The molecule has 0 aliphatic carbocycles. The molecule has 2 aromatic rings. The predicted octanol–water partition coefficient (Wildman–Crippen LogP) is 0.106. The second kappa shape index (κ2) is 10.1. The molecule has 2 saturated heterocycles. The molecular formula is C27H43N5OS+4. The zero-order chi connectivity index (χ0) is 23.7. The van der Waals surface area contributed by atoms with Crippen LogP contribution >= 0.6 is 11.3 Å². The fourth-order valence-corrected chi connectivity index (χ4v) is 8.40. The van der Waals surface area contributed by atoms with Crippen molar-refractivity contribution in [1.29, 1.82) is 0 Å². The van der Waals surface area contributed by atoms with Crippen molar-refractivity contribution in [1.82, 2.24) is 4.90 Å². The number of aromatic amines is 1. The van der Waals surface area contributed by atoms with Crippen LogP contribution in [0.1, 0.15) is 61.6 Å². The van der Waals surface area contributed by atoms with Gasteiger partial charge in [0, 0.05) is 12.6 Å². The predicted molar refractivity (Wildman–Crippen MR) is 134 cm³/mol. The molecule has 1 aromatic heterocycles. The van der Waals surface area contributed by atoms with Crippen LogP contribution in [0.5, 0.6) is 0 Å². The fraction of sp³-hybridized carbons (Fsp3) is 0.630. The number of nitrogens with one attached hydrogen (secondary N) is 1. The number of nitrogens with two attached hydrogens (primary N) is 3. The molecule has 4 heterocycles. The molecule has 7 heteroatoms. The van der Waals surface area contributed by atoms with Gasteiger partial charge in [-0.1, -0.05) is 57.0 Å². The lowest BCUT2D eigenvalue weighted by molar-refractivity contribution is -0.705. The van der Waals surface area contributed by atoms with Crippen molar-refractivity contribution in [3.05, 3.63) is 46.5 Å². The van der Waals surface area contributed by atoms with E-state index in [1.165, 1.54) is 21.3 Å². The van der Waals surface area contributed by atoms with E-state index < -0.39 is 0 Å². The highest BCUT2D eigenvalue weighted by Gasteiger charge is 2.60. The number of amides is 1. The summed E-state index contributed by atoms with van der Waals surface area (Å²) in [5.74, 6) is 1.63. The number of carbonyl (C=O) groups excluding carboxylic acids is 1. The first-order chi connectivity index (χ1) is 16.6. The minimum absolute atomic E-state index is 0.0398. The minimum atomic E-state index is -0.0398. The molecule has 7 N–H and O–H groups in total. The van der Waals surface area contributed by atoms with Crippen LogP contribution in [0.15, 0.2) is 30.3 Å². The number of thiazole rings is 1. The number of carbonyl (C=O) groups is 1. The maximum atomic E-state index is 14.4. The summed E-state index contributed by atoms with van der Waals surface area (Å²) in [5, 5.41) is 8.23. The van der Waals surface area contributed by atoms with Crippen LogP contribution in [0.3, 0.4) is 0 Å². The molecule has 2 fully saturated rings. The number of aromatic nitrogens is 1. The van der Waals surface area contributed by atoms with Gasteiger partial charge in [-0.15, -0.1) is 4.98 Å². The molecule has 0 bridgehead atoms. The Balaban J connectivity index is 1.44. The Bertz CT molecular complexity index is 990. The quantitative estimate of drug-likeness (QED) is 0.533. The van der Waals surface area contributed by atoms with Gasteiger partial charge in [-0.05, 0) is 41.6 Å². The summed E-state index contributed by atoms with van der Waals surface area (Å²) in [6, 6.07) is 11.3. The Kier molecular flexibility index (Phi) is 7.07. The highest BCUT2D eigenvalue weighted by atomic mass is 32.1. The van der Waals surface area contributed by atoms with Crippen molar-refractivity contribution < 1.29 is 25.7 Å². The summed E-state index contributed by atoms with van der Waals surface area (Å²) in [7, 11) is 2.10. The molecule has 0 radical (unpaired) electrons. The standard InChI is InChI=1S/C27H39N5OS/c1-4-18(5-2)23-13-20(19-9-7-6-8-10-19)11-12-32(23)25(33)21-14-29-16-27(21)17-30-15-22-24(27)34-26(28-3)31-22/h6-10,18,20-21,23,29-30H,4-5,11-17H2,1-3H3,(H,28,31)/p+4/t20-,21+,23+,27+/m1/s1. The zero-order valence-corrected chi connectivity index (χ0v) is 21.9. The third-order valence-electron chi connectivity index (χ3n) is 9.00. The number of quaternary nitrogens is 3. The van der Waals surface area contributed by atoms with E-state index in [9.17, 15) is 4.79 Å². The fourth-order valence-electron chi connectivity index (χ4n) is 7.11. The van der Waals surface area contributed by atoms with E-state index in [1.54, 1.807) is 0 Å². The first-order valence-corrected chi connectivity index (χ1v) is 14.3. The Morgan fingerprint density at radius 2 is 2.00 bits per heavy atom. The van der Waals surface area contributed by atoms with Crippen molar-refractivity contribution in [2.45, 2.75) is 63.5 Å². The monoisotopic (exact) mass is 485 g/mol. The van der Waals surface area contributed by atoms with E-state index in [4.69, 9.17) is 0 Å². The Morgan fingerprint density at radius 1 is 1.24 bits per heavy atom. The highest BCUT2D eigenvalue weighted by Crippen LogP contribution is 2.42. The average molecular weight is 486 g/mol. The molecule has 3 aliphatic heterocycles. The molecule has 4 atom stereocenters.